The van der Waals surface area contributed by atoms with Crippen molar-refractivity contribution in [3.63, 3.8) is 0 Å². The van der Waals surface area contributed by atoms with Gasteiger partial charge in [0.1, 0.15) is 16.1 Å². The Morgan fingerprint density at radius 2 is 2.33 bits per heavy atom. The second kappa shape index (κ2) is 5.73. The normalized spacial score (nSPS) is 12.8. The minimum Gasteiger partial charge on any atom is -0.372 e. The van der Waals surface area contributed by atoms with Gasteiger partial charge in [-0.15, -0.1) is 11.3 Å². The third-order valence-electron chi connectivity index (χ3n) is 2.35. The van der Waals surface area contributed by atoms with E-state index in [4.69, 9.17) is 4.74 Å². The molecule has 0 N–H and O–H groups in total. The first-order valence-electron chi connectivity index (χ1n) is 5.70. The Labute approximate surface area is 113 Å². The summed E-state index contributed by atoms with van der Waals surface area (Å²) in [7, 11) is 0. The molecule has 2 aromatic heterocycles. The molecule has 0 aliphatic rings. The van der Waals surface area contributed by atoms with Crippen LogP contribution in [-0.4, -0.2) is 21.4 Å². The average molecular weight is 285 g/mol. The molecule has 1 atom stereocenters. The summed E-state index contributed by atoms with van der Waals surface area (Å²) in [5.41, 5.74) is 0.856. The van der Waals surface area contributed by atoms with Gasteiger partial charge in [-0.25, -0.2) is 9.67 Å². The lowest BCUT2D eigenvalue weighted by Crippen LogP contribution is -2.15. The number of nitrogens with zero attached hydrogens (tertiary/aromatic N) is 3. The van der Waals surface area contributed by atoms with Crippen molar-refractivity contribution in [3.05, 3.63) is 30.8 Å². The van der Waals surface area contributed by atoms with E-state index in [9.17, 15) is 4.79 Å². The topological polar surface area (TPSA) is 57.0 Å². The standard InChI is InChI=1S/C11H15N3O2S2/c1-4-16-7(2)10-12-9(6-17-10)5-14-11(15)18-8(3)13-14/h6-7H,4-5H2,1-3H3. The minimum absolute atomic E-state index is 0.00245. The molecular formula is C11H15N3O2S2. The summed E-state index contributed by atoms with van der Waals surface area (Å²) in [6.07, 6.45) is 0.00245. The molecule has 0 spiro atoms. The van der Waals surface area contributed by atoms with Crippen molar-refractivity contribution in [3.8, 4) is 0 Å². The van der Waals surface area contributed by atoms with Gasteiger partial charge < -0.3 is 4.74 Å². The third kappa shape index (κ3) is 3.04. The highest BCUT2D eigenvalue weighted by molar-refractivity contribution is 7.09. The van der Waals surface area contributed by atoms with Crippen molar-refractivity contribution in [2.45, 2.75) is 33.4 Å². The number of rotatable bonds is 5. The van der Waals surface area contributed by atoms with Crippen LogP contribution in [0.3, 0.4) is 0 Å². The largest absolute Gasteiger partial charge is 0.372 e. The summed E-state index contributed by atoms with van der Waals surface area (Å²) in [5, 5.41) is 7.82. The minimum atomic E-state index is -0.0418. The summed E-state index contributed by atoms with van der Waals surface area (Å²) in [4.78, 5) is 16.0. The number of hydrogen-bond acceptors (Lipinski definition) is 6. The Bertz CT molecular complexity index is 573. The molecule has 2 heterocycles. The molecular weight excluding hydrogens is 270 g/mol. The average Bonchev–Trinajstić information content (AvgIpc) is 2.88. The number of hydrogen-bond donors (Lipinski definition) is 0. The van der Waals surface area contributed by atoms with Crippen LogP contribution in [0, 0.1) is 6.92 Å². The van der Waals surface area contributed by atoms with Gasteiger partial charge in [0.2, 0.25) is 0 Å². The van der Waals surface area contributed by atoms with Gasteiger partial charge in [0.25, 0.3) is 0 Å². The fourth-order valence-electron chi connectivity index (χ4n) is 1.57. The van der Waals surface area contributed by atoms with E-state index in [0.717, 1.165) is 27.0 Å². The SMILES string of the molecule is CCOC(C)c1nc(Cn2nc(C)sc2=O)cs1. The summed E-state index contributed by atoms with van der Waals surface area (Å²) in [6, 6.07) is 0. The zero-order valence-electron chi connectivity index (χ0n) is 10.5. The highest BCUT2D eigenvalue weighted by Crippen LogP contribution is 2.21. The van der Waals surface area contributed by atoms with Crippen molar-refractivity contribution in [1.29, 1.82) is 0 Å². The Kier molecular flexibility index (Phi) is 4.26. The van der Waals surface area contributed by atoms with Crippen LogP contribution in [0.2, 0.25) is 0 Å². The summed E-state index contributed by atoms with van der Waals surface area (Å²) in [6.45, 7) is 6.86. The molecule has 5 nitrogen and oxygen atoms in total. The fourth-order valence-corrected chi connectivity index (χ4v) is 2.98. The highest BCUT2D eigenvalue weighted by atomic mass is 32.1. The van der Waals surface area contributed by atoms with Gasteiger partial charge in [0.15, 0.2) is 0 Å². The summed E-state index contributed by atoms with van der Waals surface area (Å²) in [5.74, 6) is 0. The molecule has 0 saturated carbocycles. The van der Waals surface area contributed by atoms with E-state index < -0.39 is 0 Å². The lowest BCUT2D eigenvalue weighted by Gasteiger charge is -2.06. The third-order valence-corrected chi connectivity index (χ3v) is 4.17. The monoisotopic (exact) mass is 285 g/mol. The molecule has 2 rings (SSSR count). The predicted molar refractivity (Wildman–Crippen MR) is 72.4 cm³/mol. The van der Waals surface area contributed by atoms with Crippen molar-refractivity contribution in [2.24, 2.45) is 0 Å². The molecule has 18 heavy (non-hydrogen) atoms. The summed E-state index contributed by atoms with van der Waals surface area (Å²) < 4.78 is 6.93. The molecule has 0 fully saturated rings. The van der Waals surface area contributed by atoms with E-state index in [1.165, 1.54) is 4.68 Å². The number of aromatic nitrogens is 3. The Hall–Kier alpha value is -1.05. The van der Waals surface area contributed by atoms with Crippen LogP contribution in [0.4, 0.5) is 0 Å². The second-order valence-corrected chi connectivity index (χ2v) is 5.85. The van der Waals surface area contributed by atoms with Gasteiger partial charge in [0, 0.05) is 12.0 Å². The van der Waals surface area contributed by atoms with Crippen molar-refractivity contribution >= 4 is 22.7 Å². The van der Waals surface area contributed by atoms with E-state index in [0.29, 0.717) is 13.2 Å². The first kappa shape index (κ1) is 13.4. The Balaban J connectivity index is 2.11. The first-order chi connectivity index (χ1) is 8.60. The van der Waals surface area contributed by atoms with E-state index in [-0.39, 0.29) is 11.0 Å². The maximum absolute atomic E-state index is 11.6. The Morgan fingerprint density at radius 3 is 2.94 bits per heavy atom. The van der Waals surface area contributed by atoms with Crippen LogP contribution in [-0.2, 0) is 11.3 Å². The molecule has 7 heteroatoms. The zero-order valence-corrected chi connectivity index (χ0v) is 12.2. The van der Waals surface area contributed by atoms with Gasteiger partial charge in [-0.2, -0.15) is 5.10 Å². The quantitative estimate of drug-likeness (QED) is 0.845. The van der Waals surface area contributed by atoms with Crippen LogP contribution >= 0.6 is 22.7 Å². The van der Waals surface area contributed by atoms with Crippen LogP contribution in [0.5, 0.6) is 0 Å². The molecule has 0 saturated heterocycles. The lowest BCUT2D eigenvalue weighted by atomic mass is 10.4. The molecule has 1 unspecified atom stereocenters. The van der Waals surface area contributed by atoms with Crippen molar-refractivity contribution in [2.75, 3.05) is 6.61 Å². The van der Waals surface area contributed by atoms with Gasteiger partial charge in [-0.1, -0.05) is 11.3 Å². The molecule has 0 bridgehead atoms. The zero-order chi connectivity index (χ0) is 13.1. The second-order valence-electron chi connectivity index (χ2n) is 3.82. The van der Waals surface area contributed by atoms with E-state index in [1.807, 2.05) is 26.2 Å². The number of ether oxygens (including phenoxy) is 1. The number of thiazole rings is 1. The van der Waals surface area contributed by atoms with Crippen LogP contribution in [0.15, 0.2) is 10.2 Å². The van der Waals surface area contributed by atoms with Gasteiger partial charge in [0.05, 0.1) is 12.2 Å². The maximum Gasteiger partial charge on any atom is 0.325 e. The van der Waals surface area contributed by atoms with Gasteiger partial charge >= 0.3 is 4.87 Å². The fraction of sp³-hybridized carbons (Fsp3) is 0.545. The highest BCUT2D eigenvalue weighted by Gasteiger charge is 2.11. The van der Waals surface area contributed by atoms with E-state index in [1.54, 1.807) is 11.3 Å². The Morgan fingerprint density at radius 1 is 1.56 bits per heavy atom. The van der Waals surface area contributed by atoms with Crippen LogP contribution < -0.4 is 4.87 Å². The molecule has 2 aromatic rings. The lowest BCUT2D eigenvalue weighted by molar-refractivity contribution is 0.0761. The molecule has 0 radical (unpaired) electrons. The van der Waals surface area contributed by atoms with Crippen LogP contribution in [0.1, 0.15) is 35.7 Å². The van der Waals surface area contributed by atoms with E-state index in [2.05, 4.69) is 10.1 Å². The van der Waals surface area contributed by atoms with Crippen molar-refractivity contribution in [1.82, 2.24) is 14.8 Å². The summed E-state index contributed by atoms with van der Waals surface area (Å²) >= 11 is 2.71. The smallest absolute Gasteiger partial charge is 0.325 e. The first-order valence-corrected chi connectivity index (χ1v) is 7.40. The van der Waals surface area contributed by atoms with Crippen molar-refractivity contribution < 1.29 is 4.74 Å². The molecule has 0 amide bonds. The number of aryl methyl sites for hydroxylation is 1. The molecule has 98 valence electrons. The molecule has 0 aliphatic carbocycles. The van der Waals surface area contributed by atoms with E-state index >= 15 is 0 Å². The molecule has 0 aliphatic heterocycles. The predicted octanol–water partition coefficient (Wildman–Crippen LogP) is 2.22. The maximum atomic E-state index is 11.6. The van der Waals surface area contributed by atoms with Gasteiger partial charge in [-0.05, 0) is 20.8 Å². The molecule has 0 aromatic carbocycles. The van der Waals surface area contributed by atoms with Crippen LogP contribution in [0.25, 0.3) is 0 Å². The van der Waals surface area contributed by atoms with Gasteiger partial charge in [-0.3, -0.25) is 4.79 Å².